The number of hydrogen-bond donors (Lipinski definition) is 3. The van der Waals surface area contributed by atoms with E-state index in [1.165, 1.54) is 0 Å². The number of imide groups is 1. The molecule has 0 aliphatic rings. The number of phenols is 1. The summed E-state index contributed by atoms with van der Waals surface area (Å²) in [5.41, 5.74) is 0.686. The van der Waals surface area contributed by atoms with Crippen LogP contribution in [0.25, 0.3) is 0 Å². The molecule has 2 aromatic rings. The molecule has 138 valence electrons. The Hall–Kier alpha value is -1.90. The Morgan fingerprint density at radius 3 is 2.50 bits per heavy atom. The molecule has 0 aromatic heterocycles. The summed E-state index contributed by atoms with van der Waals surface area (Å²) in [5.74, 6) is -0.658. The second kappa shape index (κ2) is 9.70. The van der Waals surface area contributed by atoms with Crippen molar-refractivity contribution in [2.75, 3.05) is 6.61 Å². The topological polar surface area (TPSA) is 95.9 Å². The van der Waals surface area contributed by atoms with Gasteiger partial charge in [0.1, 0.15) is 11.9 Å². The predicted octanol–water partition coefficient (Wildman–Crippen LogP) is 4.30. The van der Waals surface area contributed by atoms with Crippen LogP contribution in [0.4, 0.5) is 4.79 Å². The normalized spacial score (nSPS) is 11.7. The molecule has 0 heterocycles. The van der Waals surface area contributed by atoms with Gasteiger partial charge in [-0.3, -0.25) is 10.1 Å². The molecule has 0 radical (unpaired) electrons. The summed E-state index contributed by atoms with van der Waals surface area (Å²) >= 11 is 6.55. The van der Waals surface area contributed by atoms with Gasteiger partial charge in [-0.25, -0.2) is 4.79 Å². The van der Waals surface area contributed by atoms with E-state index in [0.29, 0.717) is 26.5 Å². The molecule has 0 bridgehead atoms. The van der Waals surface area contributed by atoms with E-state index >= 15 is 0 Å². The number of aliphatic hydroxyl groups excluding tert-OH is 1. The van der Waals surface area contributed by atoms with Crippen molar-refractivity contribution >= 4 is 43.9 Å². The summed E-state index contributed by atoms with van der Waals surface area (Å²) in [6.45, 7) is -0.0969. The summed E-state index contributed by atoms with van der Waals surface area (Å²) in [6, 6.07) is 11.5. The van der Waals surface area contributed by atoms with Gasteiger partial charge in [-0.05, 0) is 53.0 Å². The van der Waals surface area contributed by atoms with Crippen LogP contribution in [0.3, 0.4) is 0 Å². The molecule has 0 saturated heterocycles. The standard InChI is InChI=1S/C18H17Br2NO5/c19-12-9-13(16(23)14(20)10-12)15(7-4-8-22)26-18(25)21-17(24)11-5-2-1-3-6-11/h1-3,5-6,9-10,15,22-23H,4,7-8H2,(H,21,24,25)/t15-/m0/s1. The summed E-state index contributed by atoms with van der Waals surface area (Å²) in [4.78, 5) is 24.2. The van der Waals surface area contributed by atoms with Gasteiger partial charge in [0.15, 0.2) is 0 Å². The molecule has 0 aliphatic heterocycles. The number of alkyl carbamates (subject to hydrolysis) is 1. The zero-order valence-electron chi connectivity index (χ0n) is 13.6. The summed E-state index contributed by atoms with van der Waals surface area (Å²) < 4.78 is 6.45. The Morgan fingerprint density at radius 2 is 1.85 bits per heavy atom. The first-order chi connectivity index (χ1) is 12.4. The summed E-state index contributed by atoms with van der Waals surface area (Å²) in [6.07, 6.45) is -1.13. The number of carbonyl (C=O) groups excluding carboxylic acids is 2. The van der Waals surface area contributed by atoms with Gasteiger partial charge in [0.25, 0.3) is 5.91 Å². The molecule has 0 spiro atoms. The first-order valence-electron chi connectivity index (χ1n) is 7.78. The molecule has 8 heteroatoms. The minimum Gasteiger partial charge on any atom is -0.506 e. The number of benzene rings is 2. The van der Waals surface area contributed by atoms with E-state index in [0.717, 1.165) is 0 Å². The third-order valence-electron chi connectivity index (χ3n) is 3.53. The zero-order chi connectivity index (χ0) is 19.1. The molecule has 2 amide bonds. The largest absolute Gasteiger partial charge is 0.506 e. The van der Waals surface area contributed by atoms with Crippen molar-refractivity contribution in [2.45, 2.75) is 18.9 Å². The Balaban J connectivity index is 2.15. The van der Waals surface area contributed by atoms with E-state index in [-0.39, 0.29) is 18.8 Å². The number of amides is 2. The van der Waals surface area contributed by atoms with Crippen molar-refractivity contribution in [1.82, 2.24) is 5.32 Å². The van der Waals surface area contributed by atoms with Crippen LogP contribution in [0.2, 0.25) is 0 Å². The summed E-state index contributed by atoms with van der Waals surface area (Å²) in [5, 5.41) is 21.5. The van der Waals surface area contributed by atoms with Crippen molar-refractivity contribution in [1.29, 1.82) is 0 Å². The number of hydrogen-bond acceptors (Lipinski definition) is 5. The van der Waals surface area contributed by atoms with Gasteiger partial charge in [0.05, 0.1) is 4.47 Å². The number of aliphatic hydroxyl groups is 1. The lowest BCUT2D eigenvalue weighted by Gasteiger charge is -2.20. The van der Waals surface area contributed by atoms with Gasteiger partial charge in [0, 0.05) is 22.2 Å². The average molecular weight is 487 g/mol. The van der Waals surface area contributed by atoms with E-state index in [1.807, 2.05) is 0 Å². The van der Waals surface area contributed by atoms with Gasteiger partial charge in [-0.2, -0.15) is 0 Å². The highest BCUT2D eigenvalue weighted by Crippen LogP contribution is 2.38. The Bertz CT molecular complexity index is 783. The molecular weight excluding hydrogens is 470 g/mol. The van der Waals surface area contributed by atoms with Crippen LogP contribution in [0, 0.1) is 0 Å². The van der Waals surface area contributed by atoms with E-state index in [4.69, 9.17) is 9.84 Å². The quantitative estimate of drug-likeness (QED) is 0.565. The van der Waals surface area contributed by atoms with E-state index in [1.54, 1.807) is 42.5 Å². The minimum atomic E-state index is -0.933. The number of ether oxygens (including phenoxy) is 1. The lowest BCUT2D eigenvalue weighted by molar-refractivity contribution is 0.0762. The minimum absolute atomic E-state index is 0.0710. The zero-order valence-corrected chi connectivity index (χ0v) is 16.8. The number of halogens is 2. The molecule has 0 aliphatic carbocycles. The molecule has 6 nitrogen and oxygen atoms in total. The fourth-order valence-corrected chi connectivity index (χ4v) is 3.56. The highest BCUT2D eigenvalue weighted by Gasteiger charge is 2.23. The fraction of sp³-hybridized carbons (Fsp3) is 0.222. The van der Waals surface area contributed by atoms with Crippen LogP contribution < -0.4 is 5.32 Å². The maximum Gasteiger partial charge on any atom is 0.414 e. The first kappa shape index (κ1) is 20.4. The molecule has 2 aromatic carbocycles. The molecule has 3 N–H and O–H groups in total. The van der Waals surface area contributed by atoms with Crippen molar-refractivity contribution in [3.8, 4) is 5.75 Å². The predicted molar refractivity (Wildman–Crippen MR) is 103 cm³/mol. The second-order valence-electron chi connectivity index (χ2n) is 5.41. The molecule has 0 saturated carbocycles. The average Bonchev–Trinajstić information content (AvgIpc) is 2.62. The lowest BCUT2D eigenvalue weighted by Crippen LogP contribution is -2.32. The third kappa shape index (κ3) is 5.55. The molecule has 26 heavy (non-hydrogen) atoms. The SMILES string of the molecule is O=C(NC(=O)c1ccccc1)O[C@@H](CCCO)c1cc(Br)cc(Br)c1O. The third-order valence-corrected chi connectivity index (χ3v) is 4.59. The molecule has 0 unspecified atom stereocenters. The highest BCUT2D eigenvalue weighted by molar-refractivity contribution is 9.11. The van der Waals surface area contributed by atoms with Crippen LogP contribution in [0.15, 0.2) is 51.4 Å². The number of aromatic hydroxyl groups is 1. The Kier molecular flexibility index (Phi) is 7.62. The van der Waals surface area contributed by atoms with Gasteiger partial charge in [-0.15, -0.1) is 0 Å². The number of nitrogens with one attached hydrogen (secondary N) is 1. The number of carbonyl (C=O) groups is 2. The molecular formula is C18H17Br2NO5. The molecule has 2 rings (SSSR count). The Labute approximate surface area is 167 Å². The second-order valence-corrected chi connectivity index (χ2v) is 7.18. The van der Waals surface area contributed by atoms with Crippen LogP contribution in [0.1, 0.15) is 34.9 Å². The van der Waals surface area contributed by atoms with Gasteiger partial charge >= 0.3 is 6.09 Å². The highest BCUT2D eigenvalue weighted by atomic mass is 79.9. The Morgan fingerprint density at radius 1 is 1.15 bits per heavy atom. The van der Waals surface area contributed by atoms with Crippen molar-refractivity contribution in [2.24, 2.45) is 0 Å². The van der Waals surface area contributed by atoms with E-state index in [2.05, 4.69) is 37.2 Å². The van der Waals surface area contributed by atoms with Crippen molar-refractivity contribution in [3.05, 3.63) is 62.5 Å². The van der Waals surface area contributed by atoms with E-state index in [9.17, 15) is 14.7 Å². The molecule has 0 fully saturated rings. The summed E-state index contributed by atoms with van der Waals surface area (Å²) in [7, 11) is 0. The lowest BCUT2D eigenvalue weighted by atomic mass is 10.0. The van der Waals surface area contributed by atoms with E-state index < -0.39 is 18.1 Å². The van der Waals surface area contributed by atoms with Gasteiger partial charge < -0.3 is 14.9 Å². The van der Waals surface area contributed by atoms with Crippen LogP contribution >= 0.6 is 31.9 Å². The van der Waals surface area contributed by atoms with Crippen LogP contribution in [-0.2, 0) is 4.74 Å². The maximum absolute atomic E-state index is 12.1. The number of rotatable bonds is 6. The van der Waals surface area contributed by atoms with Crippen molar-refractivity contribution < 1.29 is 24.5 Å². The number of phenolic OH excluding ortho intramolecular Hbond substituents is 1. The smallest absolute Gasteiger partial charge is 0.414 e. The fourth-order valence-electron chi connectivity index (χ4n) is 2.30. The van der Waals surface area contributed by atoms with Crippen LogP contribution in [0.5, 0.6) is 5.75 Å². The van der Waals surface area contributed by atoms with Crippen molar-refractivity contribution in [3.63, 3.8) is 0 Å². The maximum atomic E-state index is 12.1. The monoisotopic (exact) mass is 485 g/mol. The molecule has 1 atom stereocenters. The van der Waals surface area contributed by atoms with Crippen LogP contribution in [-0.4, -0.2) is 28.8 Å². The first-order valence-corrected chi connectivity index (χ1v) is 9.36. The van der Waals surface area contributed by atoms with Gasteiger partial charge in [0.2, 0.25) is 0 Å². The van der Waals surface area contributed by atoms with Gasteiger partial charge in [-0.1, -0.05) is 34.1 Å².